The van der Waals surface area contributed by atoms with E-state index in [1.165, 1.54) is 48.5 Å². The van der Waals surface area contributed by atoms with Gasteiger partial charge in [0.2, 0.25) is 0 Å². The van der Waals surface area contributed by atoms with Crippen molar-refractivity contribution in [3.63, 3.8) is 0 Å². The van der Waals surface area contributed by atoms with Crippen molar-refractivity contribution in [1.82, 2.24) is 10.7 Å². The van der Waals surface area contributed by atoms with Crippen LogP contribution in [0.2, 0.25) is 5.02 Å². The second-order valence-corrected chi connectivity index (χ2v) is 6.97. The number of non-ortho nitro benzene ring substituents is 1. The van der Waals surface area contributed by atoms with Crippen molar-refractivity contribution in [3.05, 3.63) is 116 Å². The highest BCUT2D eigenvalue weighted by molar-refractivity contribution is 6.33. The number of halogens is 2. The summed E-state index contributed by atoms with van der Waals surface area (Å²) in [6.45, 7) is 0. The first-order valence-electron chi connectivity index (χ1n) is 9.45. The van der Waals surface area contributed by atoms with Gasteiger partial charge in [-0.05, 0) is 48.0 Å². The number of rotatable bonds is 7. The molecule has 3 aromatic rings. The lowest BCUT2D eigenvalue weighted by atomic mass is 10.1. The summed E-state index contributed by atoms with van der Waals surface area (Å²) in [6.07, 6.45) is 2.36. The third-order valence-electron chi connectivity index (χ3n) is 4.30. The van der Waals surface area contributed by atoms with Crippen LogP contribution < -0.4 is 10.7 Å². The number of amides is 2. The van der Waals surface area contributed by atoms with Gasteiger partial charge in [-0.3, -0.25) is 19.7 Å². The molecule has 0 aliphatic carbocycles. The zero-order chi connectivity index (χ0) is 23.8. The first kappa shape index (κ1) is 23.3. The van der Waals surface area contributed by atoms with Crippen LogP contribution >= 0.6 is 11.6 Å². The summed E-state index contributed by atoms with van der Waals surface area (Å²) >= 11 is 5.93. The number of hydrazone groups is 1. The highest BCUT2D eigenvalue weighted by Crippen LogP contribution is 2.17. The number of nitro benzene ring substituents is 1. The van der Waals surface area contributed by atoms with Crippen LogP contribution in [-0.4, -0.2) is 23.0 Å². The van der Waals surface area contributed by atoms with Crippen LogP contribution in [0.3, 0.4) is 0 Å². The lowest BCUT2D eigenvalue weighted by molar-refractivity contribution is -0.384. The fraction of sp³-hybridized carbons (Fsp3) is 0. The Morgan fingerprint density at radius 2 is 1.70 bits per heavy atom. The van der Waals surface area contributed by atoms with Gasteiger partial charge in [-0.2, -0.15) is 5.10 Å². The van der Waals surface area contributed by atoms with Gasteiger partial charge < -0.3 is 5.32 Å². The number of nitro groups is 1. The summed E-state index contributed by atoms with van der Waals surface area (Å²) in [5.74, 6) is -1.99. The quantitative estimate of drug-likeness (QED) is 0.234. The summed E-state index contributed by atoms with van der Waals surface area (Å²) in [4.78, 5) is 35.5. The number of carbonyl (C=O) groups is 2. The summed E-state index contributed by atoms with van der Waals surface area (Å²) < 4.78 is 13.9. The topological polar surface area (TPSA) is 114 Å². The third-order valence-corrected chi connectivity index (χ3v) is 4.63. The van der Waals surface area contributed by atoms with E-state index in [0.29, 0.717) is 11.1 Å². The van der Waals surface area contributed by atoms with Crippen molar-refractivity contribution in [2.75, 3.05) is 0 Å². The van der Waals surface area contributed by atoms with E-state index in [1.54, 1.807) is 30.3 Å². The molecule has 0 heterocycles. The largest absolute Gasteiger partial charge is 0.317 e. The molecule has 0 saturated heterocycles. The average molecular weight is 467 g/mol. The Labute approximate surface area is 192 Å². The Morgan fingerprint density at radius 3 is 2.33 bits per heavy atom. The highest BCUT2D eigenvalue weighted by Gasteiger charge is 2.15. The molecule has 33 heavy (non-hydrogen) atoms. The number of nitrogens with zero attached hydrogens (tertiary/aromatic N) is 2. The van der Waals surface area contributed by atoms with E-state index in [-0.39, 0.29) is 22.0 Å². The number of carbonyl (C=O) groups excluding carboxylic acids is 2. The van der Waals surface area contributed by atoms with E-state index in [2.05, 4.69) is 15.8 Å². The number of benzene rings is 3. The predicted octanol–water partition coefficient (Wildman–Crippen LogP) is 4.31. The van der Waals surface area contributed by atoms with Crippen LogP contribution in [0.4, 0.5) is 10.1 Å². The average Bonchev–Trinajstić information content (AvgIpc) is 2.81. The molecule has 166 valence electrons. The zero-order valence-corrected chi connectivity index (χ0v) is 17.6. The number of hydrogen-bond acceptors (Lipinski definition) is 5. The minimum absolute atomic E-state index is 0.0197. The third kappa shape index (κ3) is 6.31. The molecule has 0 aromatic heterocycles. The second-order valence-electron chi connectivity index (χ2n) is 6.56. The van der Waals surface area contributed by atoms with Gasteiger partial charge >= 0.3 is 0 Å². The molecule has 2 amide bonds. The molecule has 0 atom stereocenters. The first-order valence-corrected chi connectivity index (χ1v) is 9.83. The Balaban J connectivity index is 1.85. The summed E-state index contributed by atoms with van der Waals surface area (Å²) in [7, 11) is 0. The normalized spacial score (nSPS) is 11.3. The molecular formula is C23H16ClFN4O4. The van der Waals surface area contributed by atoms with Gasteiger partial charge in [0.05, 0.1) is 16.2 Å². The van der Waals surface area contributed by atoms with E-state index < -0.39 is 22.6 Å². The molecule has 0 unspecified atom stereocenters. The SMILES string of the molecule is O=C(NN=Cc1c(F)cccc1Cl)C(=Cc1ccc([N+](=O)[O-])cc1)NC(=O)c1ccccc1. The first-order chi connectivity index (χ1) is 15.8. The molecule has 0 fully saturated rings. The number of nitrogens with one attached hydrogen (secondary N) is 2. The van der Waals surface area contributed by atoms with Gasteiger partial charge in [-0.25, -0.2) is 9.82 Å². The van der Waals surface area contributed by atoms with Crippen molar-refractivity contribution in [2.45, 2.75) is 0 Å². The van der Waals surface area contributed by atoms with E-state index in [0.717, 1.165) is 6.21 Å². The van der Waals surface area contributed by atoms with Crippen molar-refractivity contribution in [3.8, 4) is 0 Å². The van der Waals surface area contributed by atoms with Crippen molar-refractivity contribution in [2.24, 2.45) is 5.10 Å². The smallest absolute Gasteiger partial charge is 0.287 e. The lowest BCUT2D eigenvalue weighted by Crippen LogP contribution is -2.32. The van der Waals surface area contributed by atoms with Crippen LogP contribution in [0.15, 0.2) is 83.6 Å². The highest BCUT2D eigenvalue weighted by atomic mass is 35.5. The maximum Gasteiger partial charge on any atom is 0.287 e. The molecule has 0 bridgehead atoms. The van der Waals surface area contributed by atoms with Crippen LogP contribution in [-0.2, 0) is 4.79 Å². The molecule has 3 aromatic carbocycles. The van der Waals surface area contributed by atoms with Crippen molar-refractivity contribution < 1.29 is 18.9 Å². The van der Waals surface area contributed by atoms with Gasteiger partial charge in [0.15, 0.2) is 0 Å². The summed E-state index contributed by atoms with van der Waals surface area (Å²) in [5.41, 5.74) is 2.60. The predicted molar refractivity (Wildman–Crippen MR) is 122 cm³/mol. The molecule has 10 heteroatoms. The molecule has 0 aliphatic rings. The van der Waals surface area contributed by atoms with Gasteiger partial charge in [-0.1, -0.05) is 35.9 Å². The van der Waals surface area contributed by atoms with E-state index in [4.69, 9.17) is 11.6 Å². The van der Waals surface area contributed by atoms with Gasteiger partial charge in [0, 0.05) is 23.3 Å². The minimum Gasteiger partial charge on any atom is -0.317 e. The Hall–Kier alpha value is -4.37. The van der Waals surface area contributed by atoms with E-state index >= 15 is 0 Å². The van der Waals surface area contributed by atoms with E-state index in [9.17, 15) is 24.1 Å². The van der Waals surface area contributed by atoms with Crippen LogP contribution in [0, 0.1) is 15.9 Å². The zero-order valence-electron chi connectivity index (χ0n) is 16.9. The Kier molecular flexibility index (Phi) is 7.61. The number of hydrogen-bond donors (Lipinski definition) is 2. The second kappa shape index (κ2) is 10.8. The molecule has 2 N–H and O–H groups in total. The molecule has 0 spiro atoms. The maximum absolute atomic E-state index is 13.9. The fourth-order valence-corrected chi connectivity index (χ4v) is 2.86. The molecule has 3 rings (SSSR count). The van der Waals surface area contributed by atoms with Crippen LogP contribution in [0.25, 0.3) is 6.08 Å². The summed E-state index contributed by atoms with van der Waals surface area (Å²) in [5, 5.41) is 17.2. The van der Waals surface area contributed by atoms with Crippen molar-refractivity contribution in [1.29, 1.82) is 0 Å². The van der Waals surface area contributed by atoms with Crippen LogP contribution in [0.5, 0.6) is 0 Å². The monoisotopic (exact) mass is 466 g/mol. The summed E-state index contributed by atoms with van der Waals surface area (Å²) in [6, 6.07) is 17.6. The molecule has 8 nitrogen and oxygen atoms in total. The van der Waals surface area contributed by atoms with Gasteiger partial charge in [0.25, 0.3) is 17.5 Å². The van der Waals surface area contributed by atoms with E-state index in [1.807, 2.05) is 0 Å². The Bertz CT molecular complexity index is 1220. The van der Waals surface area contributed by atoms with Crippen LogP contribution in [0.1, 0.15) is 21.5 Å². The molecular weight excluding hydrogens is 451 g/mol. The lowest BCUT2D eigenvalue weighted by Gasteiger charge is -2.09. The van der Waals surface area contributed by atoms with Gasteiger partial charge in [0.1, 0.15) is 11.5 Å². The standard InChI is InChI=1S/C23H16ClFN4O4/c24-19-7-4-8-20(25)18(19)14-26-28-23(31)21(27-22(30)16-5-2-1-3-6-16)13-15-9-11-17(12-10-15)29(32)33/h1-14H,(H,27,30)(H,28,31). The Morgan fingerprint density at radius 1 is 1.00 bits per heavy atom. The molecule has 0 saturated carbocycles. The van der Waals surface area contributed by atoms with Crippen molar-refractivity contribution >= 4 is 41.4 Å². The molecule has 0 radical (unpaired) electrons. The van der Waals surface area contributed by atoms with Gasteiger partial charge in [-0.15, -0.1) is 0 Å². The fourth-order valence-electron chi connectivity index (χ4n) is 2.65. The minimum atomic E-state index is -0.804. The maximum atomic E-state index is 13.9. The molecule has 0 aliphatic heterocycles.